The van der Waals surface area contributed by atoms with E-state index in [9.17, 15) is 9.59 Å². The second-order valence-corrected chi connectivity index (χ2v) is 7.58. The number of pyridine rings is 1. The van der Waals surface area contributed by atoms with E-state index in [2.05, 4.69) is 20.8 Å². The maximum atomic E-state index is 12.8. The van der Waals surface area contributed by atoms with Crippen LogP contribution in [-0.4, -0.2) is 21.9 Å². The molecule has 0 aliphatic carbocycles. The Labute approximate surface area is 142 Å². The maximum Gasteiger partial charge on any atom is 0.254 e. The van der Waals surface area contributed by atoms with Crippen molar-refractivity contribution in [2.75, 3.05) is 6.54 Å². The second-order valence-electron chi connectivity index (χ2n) is 7.58. The summed E-state index contributed by atoms with van der Waals surface area (Å²) in [5.41, 5.74) is 4.14. The standard InChI is InChI=1S/C20H24N2O2/c1-20(2,3)17-7-5-14(6-8-17)19(24)22-10-9-15-11-18(23)21(4)12-16(15)13-22/h5-8,11-12H,9-10,13H2,1-4H3. The first kappa shape index (κ1) is 16.5. The van der Waals surface area contributed by atoms with Gasteiger partial charge in [-0.15, -0.1) is 0 Å². The number of rotatable bonds is 1. The Morgan fingerprint density at radius 2 is 1.75 bits per heavy atom. The molecule has 0 saturated carbocycles. The second kappa shape index (κ2) is 5.93. The van der Waals surface area contributed by atoms with E-state index in [0.717, 1.165) is 23.1 Å². The lowest BCUT2D eigenvalue weighted by molar-refractivity contribution is 0.0734. The Hall–Kier alpha value is -2.36. The number of benzene rings is 1. The van der Waals surface area contributed by atoms with Crippen LogP contribution in [0.5, 0.6) is 0 Å². The maximum absolute atomic E-state index is 12.8. The number of aryl methyl sites for hydroxylation is 1. The normalized spacial score (nSPS) is 14.4. The smallest absolute Gasteiger partial charge is 0.254 e. The average molecular weight is 324 g/mol. The van der Waals surface area contributed by atoms with Crippen LogP contribution in [0.25, 0.3) is 0 Å². The molecule has 1 amide bonds. The molecule has 0 spiro atoms. The van der Waals surface area contributed by atoms with E-state index in [1.807, 2.05) is 35.4 Å². The minimum Gasteiger partial charge on any atom is -0.334 e. The first-order valence-electron chi connectivity index (χ1n) is 8.34. The molecule has 24 heavy (non-hydrogen) atoms. The summed E-state index contributed by atoms with van der Waals surface area (Å²) < 4.78 is 1.57. The zero-order valence-electron chi connectivity index (χ0n) is 14.8. The van der Waals surface area contributed by atoms with E-state index < -0.39 is 0 Å². The van der Waals surface area contributed by atoms with Gasteiger partial charge < -0.3 is 9.47 Å². The summed E-state index contributed by atoms with van der Waals surface area (Å²) in [5, 5.41) is 0. The molecule has 2 heterocycles. The van der Waals surface area contributed by atoms with Crippen molar-refractivity contribution in [1.82, 2.24) is 9.47 Å². The monoisotopic (exact) mass is 324 g/mol. The fraction of sp³-hybridized carbons (Fsp3) is 0.400. The lowest BCUT2D eigenvalue weighted by atomic mass is 9.86. The van der Waals surface area contributed by atoms with E-state index in [1.165, 1.54) is 5.56 Å². The number of hydrogen-bond acceptors (Lipinski definition) is 2. The predicted octanol–water partition coefficient (Wildman–Crippen LogP) is 2.88. The van der Waals surface area contributed by atoms with E-state index in [-0.39, 0.29) is 16.9 Å². The van der Waals surface area contributed by atoms with Crippen LogP contribution in [0.4, 0.5) is 0 Å². The van der Waals surface area contributed by atoms with Crippen LogP contribution in [0.3, 0.4) is 0 Å². The topological polar surface area (TPSA) is 42.3 Å². The Morgan fingerprint density at radius 1 is 1.08 bits per heavy atom. The summed E-state index contributed by atoms with van der Waals surface area (Å²) in [6, 6.07) is 9.59. The Balaban J connectivity index is 1.81. The largest absolute Gasteiger partial charge is 0.334 e. The predicted molar refractivity (Wildman–Crippen MR) is 95.3 cm³/mol. The number of hydrogen-bond donors (Lipinski definition) is 0. The van der Waals surface area contributed by atoms with Crippen molar-refractivity contribution >= 4 is 5.91 Å². The minimum absolute atomic E-state index is 0.00583. The molecule has 0 bridgehead atoms. The van der Waals surface area contributed by atoms with E-state index >= 15 is 0 Å². The number of aromatic nitrogens is 1. The minimum atomic E-state index is 0.00583. The van der Waals surface area contributed by atoms with Crippen LogP contribution < -0.4 is 5.56 Å². The van der Waals surface area contributed by atoms with Gasteiger partial charge >= 0.3 is 0 Å². The van der Waals surface area contributed by atoms with Crippen LogP contribution in [0.2, 0.25) is 0 Å². The molecule has 0 atom stereocenters. The van der Waals surface area contributed by atoms with Crippen molar-refractivity contribution in [1.29, 1.82) is 0 Å². The molecule has 0 N–H and O–H groups in total. The van der Waals surface area contributed by atoms with Crippen LogP contribution >= 0.6 is 0 Å². The summed E-state index contributed by atoms with van der Waals surface area (Å²) in [5.74, 6) is 0.0509. The molecule has 4 nitrogen and oxygen atoms in total. The van der Waals surface area contributed by atoms with Gasteiger partial charge in [-0.05, 0) is 40.7 Å². The highest BCUT2D eigenvalue weighted by atomic mass is 16.2. The van der Waals surface area contributed by atoms with Crippen LogP contribution in [0.1, 0.15) is 47.8 Å². The van der Waals surface area contributed by atoms with Crippen molar-refractivity contribution in [3.63, 3.8) is 0 Å². The van der Waals surface area contributed by atoms with Gasteiger partial charge in [0.15, 0.2) is 0 Å². The van der Waals surface area contributed by atoms with Gasteiger partial charge in [-0.3, -0.25) is 9.59 Å². The Morgan fingerprint density at radius 3 is 2.38 bits per heavy atom. The van der Waals surface area contributed by atoms with Gasteiger partial charge in [-0.2, -0.15) is 0 Å². The number of amides is 1. The summed E-state index contributed by atoms with van der Waals surface area (Å²) in [7, 11) is 1.74. The first-order chi connectivity index (χ1) is 11.3. The van der Waals surface area contributed by atoms with Crippen molar-refractivity contribution in [2.45, 2.75) is 39.2 Å². The number of carbonyl (C=O) groups excluding carboxylic acids is 1. The molecule has 0 radical (unpaired) electrons. The van der Waals surface area contributed by atoms with Gasteiger partial charge in [0.2, 0.25) is 0 Å². The van der Waals surface area contributed by atoms with E-state index in [4.69, 9.17) is 0 Å². The van der Waals surface area contributed by atoms with Crippen LogP contribution in [0.15, 0.2) is 41.3 Å². The number of nitrogens with zero attached hydrogens (tertiary/aromatic N) is 2. The highest BCUT2D eigenvalue weighted by molar-refractivity contribution is 5.94. The Kier molecular flexibility index (Phi) is 4.08. The molecule has 4 heteroatoms. The molecular weight excluding hydrogens is 300 g/mol. The van der Waals surface area contributed by atoms with Crippen molar-refractivity contribution in [2.24, 2.45) is 7.05 Å². The molecule has 0 saturated heterocycles. The highest BCUT2D eigenvalue weighted by Crippen LogP contribution is 2.24. The van der Waals surface area contributed by atoms with Crippen molar-refractivity contribution in [3.8, 4) is 0 Å². The third kappa shape index (κ3) is 3.14. The fourth-order valence-corrected chi connectivity index (χ4v) is 3.11. The molecule has 1 aromatic carbocycles. The Bertz CT molecular complexity index is 826. The van der Waals surface area contributed by atoms with Gasteiger partial charge in [-0.25, -0.2) is 0 Å². The van der Waals surface area contributed by atoms with Gasteiger partial charge in [0, 0.05) is 38.0 Å². The van der Waals surface area contributed by atoms with E-state index in [1.54, 1.807) is 17.7 Å². The molecule has 126 valence electrons. The fourth-order valence-electron chi connectivity index (χ4n) is 3.11. The van der Waals surface area contributed by atoms with Gasteiger partial charge in [0.05, 0.1) is 0 Å². The van der Waals surface area contributed by atoms with Gasteiger partial charge in [-0.1, -0.05) is 32.9 Å². The number of carbonyl (C=O) groups is 1. The zero-order valence-corrected chi connectivity index (χ0v) is 14.8. The first-order valence-corrected chi connectivity index (χ1v) is 8.34. The lowest BCUT2D eigenvalue weighted by Crippen LogP contribution is -2.37. The van der Waals surface area contributed by atoms with Crippen molar-refractivity contribution in [3.05, 3.63) is 69.1 Å². The van der Waals surface area contributed by atoms with Gasteiger partial charge in [0.1, 0.15) is 0 Å². The quantitative estimate of drug-likeness (QED) is 0.809. The molecule has 1 aliphatic heterocycles. The molecule has 1 aliphatic rings. The molecule has 2 aromatic rings. The van der Waals surface area contributed by atoms with Gasteiger partial charge in [0.25, 0.3) is 11.5 Å². The third-order valence-electron chi connectivity index (χ3n) is 4.70. The number of fused-ring (bicyclic) bond motifs is 1. The SMILES string of the molecule is Cn1cc2c(cc1=O)CCN(C(=O)c1ccc(C(C)(C)C)cc1)C2. The lowest BCUT2D eigenvalue weighted by Gasteiger charge is -2.29. The average Bonchev–Trinajstić information content (AvgIpc) is 2.54. The molecule has 0 unspecified atom stereocenters. The summed E-state index contributed by atoms with van der Waals surface area (Å²) in [4.78, 5) is 26.4. The molecule has 1 aromatic heterocycles. The van der Waals surface area contributed by atoms with Crippen LogP contribution in [0, 0.1) is 0 Å². The molecule has 3 rings (SSSR count). The van der Waals surface area contributed by atoms with Crippen molar-refractivity contribution < 1.29 is 4.79 Å². The van der Waals surface area contributed by atoms with Crippen LogP contribution in [-0.2, 0) is 25.4 Å². The van der Waals surface area contributed by atoms with E-state index in [0.29, 0.717) is 13.1 Å². The summed E-state index contributed by atoms with van der Waals surface area (Å²) >= 11 is 0. The summed E-state index contributed by atoms with van der Waals surface area (Å²) in [6.45, 7) is 7.70. The molecular formula is C20H24N2O2. The zero-order chi connectivity index (χ0) is 17.5. The third-order valence-corrected chi connectivity index (χ3v) is 4.70. The molecule has 0 fully saturated rings. The summed E-state index contributed by atoms with van der Waals surface area (Å²) in [6.07, 6.45) is 2.58. The highest BCUT2D eigenvalue weighted by Gasteiger charge is 2.23.